The Morgan fingerprint density at radius 3 is 2.50 bits per heavy atom. The van der Waals surface area contributed by atoms with E-state index in [0.717, 1.165) is 12.1 Å². The Morgan fingerprint density at radius 2 is 1.95 bits per heavy atom. The van der Waals surface area contributed by atoms with Gasteiger partial charge in [0.2, 0.25) is 5.91 Å². The van der Waals surface area contributed by atoms with E-state index in [0.29, 0.717) is 12.1 Å². The van der Waals surface area contributed by atoms with Gasteiger partial charge in [0.15, 0.2) is 5.78 Å². The van der Waals surface area contributed by atoms with Crippen LogP contribution in [0.2, 0.25) is 0 Å². The first-order valence-electron chi connectivity index (χ1n) is 6.72. The summed E-state index contributed by atoms with van der Waals surface area (Å²) in [4.78, 5) is 27.2. The summed E-state index contributed by atoms with van der Waals surface area (Å²) >= 11 is 0. The van der Waals surface area contributed by atoms with E-state index in [4.69, 9.17) is 0 Å². The van der Waals surface area contributed by atoms with Crippen molar-refractivity contribution in [2.45, 2.75) is 20.3 Å². The molecule has 0 N–H and O–H groups in total. The summed E-state index contributed by atoms with van der Waals surface area (Å²) < 4.78 is 0. The standard InChI is InChI=1S/C16H22N2O2/c1-5-10-18(13(2)19)15-8-6-7-14(12-15)16(20)9-11-17(3)4/h6-9,11-12H,5,10H2,1-4H3. The smallest absolute Gasteiger partial charge is 0.223 e. The van der Waals surface area contributed by atoms with Crippen LogP contribution in [0.1, 0.15) is 30.6 Å². The van der Waals surface area contributed by atoms with Crippen LogP contribution in [0.15, 0.2) is 36.5 Å². The lowest BCUT2D eigenvalue weighted by atomic mass is 10.1. The second kappa shape index (κ2) is 7.48. The highest BCUT2D eigenvalue weighted by Gasteiger charge is 2.12. The molecule has 0 bridgehead atoms. The molecule has 0 aliphatic rings. The number of hydrogen-bond donors (Lipinski definition) is 0. The van der Waals surface area contributed by atoms with E-state index in [9.17, 15) is 9.59 Å². The fourth-order valence-corrected chi connectivity index (χ4v) is 1.83. The van der Waals surface area contributed by atoms with Crippen molar-refractivity contribution in [3.05, 3.63) is 42.1 Å². The summed E-state index contributed by atoms with van der Waals surface area (Å²) in [6.45, 7) is 4.21. The number of nitrogens with zero attached hydrogens (tertiary/aromatic N) is 2. The Bertz CT molecular complexity index is 507. The lowest BCUT2D eigenvalue weighted by Crippen LogP contribution is -2.29. The quantitative estimate of drug-likeness (QED) is 0.591. The van der Waals surface area contributed by atoms with Crippen molar-refractivity contribution in [2.24, 2.45) is 0 Å². The molecule has 0 radical (unpaired) electrons. The summed E-state index contributed by atoms with van der Waals surface area (Å²) in [5, 5.41) is 0. The van der Waals surface area contributed by atoms with Gasteiger partial charge in [-0.2, -0.15) is 0 Å². The Morgan fingerprint density at radius 1 is 1.25 bits per heavy atom. The molecule has 0 heterocycles. The van der Waals surface area contributed by atoms with Gasteiger partial charge in [0.25, 0.3) is 0 Å². The summed E-state index contributed by atoms with van der Waals surface area (Å²) in [5.41, 5.74) is 1.35. The molecule has 1 aromatic carbocycles. The molecule has 0 spiro atoms. The molecule has 0 aliphatic heterocycles. The van der Waals surface area contributed by atoms with Crippen molar-refractivity contribution in [1.29, 1.82) is 0 Å². The average Bonchev–Trinajstić information content (AvgIpc) is 2.41. The van der Waals surface area contributed by atoms with Gasteiger partial charge < -0.3 is 9.80 Å². The lowest BCUT2D eigenvalue weighted by molar-refractivity contribution is -0.116. The van der Waals surface area contributed by atoms with Crippen LogP contribution in [0.5, 0.6) is 0 Å². The maximum absolute atomic E-state index is 12.0. The molecule has 1 amide bonds. The highest BCUT2D eigenvalue weighted by molar-refractivity contribution is 6.05. The van der Waals surface area contributed by atoms with Gasteiger partial charge in [0, 0.05) is 51.1 Å². The van der Waals surface area contributed by atoms with Gasteiger partial charge in [-0.3, -0.25) is 9.59 Å². The Labute approximate surface area is 120 Å². The minimum Gasteiger partial charge on any atom is -0.383 e. The predicted octanol–water partition coefficient (Wildman–Crippen LogP) is 2.71. The zero-order chi connectivity index (χ0) is 15.1. The highest BCUT2D eigenvalue weighted by atomic mass is 16.2. The number of allylic oxidation sites excluding steroid dienone is 1. The van der Waals surface area contributed by atoms with Crippen LogP contribution in [0.4, 0.5) is 5.69 Å². The number of benzene rings is 1. The molecule has 0 fully saturated rings. The maximum Gasteiger partial charge on any atom is 0.223 e. The lowest BCUT2D eigenvalue weighted by Gasteiger charge is -2.20. The SMILES string of the molecule is CCCN(C(C)=O)c1cccc(C(=O)C=CN(C)C)c1. The first kappa shape index (κ1) is 16.0. The van der Waals surface area contributed by atoms with E-state index in [-0.39, 0.29) is 11.7 Å². The van der Waals surface area contributed by atoms with Crippen LogP contribution in [0.25, 0.3) is 0 Å². The molecule has 0 atom stereocenters. The zero-order valence-electron chi connectivity index (χ0n) is 12.6. The number of ketones is 1. The maximum atomic E-state index is 12.0. The van der Waals surface area contributed by atoms with Crippen molar-refractivity contribution in [3.8, 4) is 0 Å². The molecule has 4 heteroatoms. The van der Waals surface area contributed by atoms with E-state index in [1.807, 2.05) is 27.1 Å². The Balaban J connectivity index is 3.00. The number of rotatable bonds is 6. The normalized spacial score (nSPS) is 10.6. The molecule has 0 unspecified atom stereocenters. The molecule has 20 heavy (non-hydrogen) atoms. The molecule has 4 nitrogen and oxygen atoms in total. The first-order valence-corrected chi connectivity index (χ1v) is 6.72. The van der Waals surface area contributed by atoms with Crippen molar-refractivity contribution < 1.29 is 9.59 Å². The molecular formula is C16H22N2O2. The molecule has 0 aliphatic carbocycles. The number of carbonyl (C=O) groups excluding carboxylic acids is 2. The molecule has 0 saturated carbocycles. The van der Waals surface area contributed by atoms with Gasteiger partial charge in [-0.25, -0.2) is 0 Å². The summed E-state index contributed by atoms with van der Waals surface area (Å²) in [6.07, 6.45) is 4.11. The fraction of sp³-hybridized carbons (Fsp3) is 0.375. The number of hydrogen-bond acceptors (Lipinski definition) is 3. The topological polar surface area (TPSA) is 40.6 Å². The van der Waals surface area contributed by atoms with E-state index in [1.165, 1.54) is 13.0 Å². The Hall–Kier alpha value is -2.10. The van der Waals surface area contributed by atoms with Crippen molar-refractivity contribution in [2.75, 3.05) is 25.5 Å². The van der Waals surface area contributed by atoms with Crippen LogP contribution in [0.3, 0.4) is 0 Å². The fourth-order valence-electron chi connectivity index (χ4n) is 1.83. The third-order valence-electron chi connectivity index (χ3n) is 2.79. The van der Waals surface area contributed by atoms with Gasteiger partial charge in [-0.05, 0) is 18.6 Å². The van der Waals surface area contributed by atoms with Gasteiger partial charge in [-0.15, -0.1) is 0 Å². The van der Waals surface area contributed by atoms with E-state index in [1.54, 1.807) is 34.2 Å². The minimum absolute atomic E-state index is 0.0136. The number of amides is 1. The van der Waals surface area contributed by atoms with Crippen LogP contribution < -0.4 is 4.90 Å². The largest absolute Gasteiger partial charge is 0.383 e. The highest BCUT2D eigenvalue weighted by Crippen LogP contribution is 2.17. The van der Waals surface area contributed by atoms with Crippen LogP contribution >= 0.6 is 0 Å². The molecule has 108 valence electrons. The first-order chi connectivity index (χ1) is 9.45. The van der Waals surface area contributed by atoms with Crippen molar-refractivity contribution in [1.82, 2.24) is 4.90 Å². The van der Waals surface area contributed by atoms with E-state index < -0.39 is 0 Å². The van der Waals surface area contributed by atoms with Crippen molar-refractivity contribution in [3.63, 3.8) is 0 Å². The minimum atomic E-state index is -0.0689. The molecule has 0 aromatic heterocycles. The second-order valence-corrected chi connectivity index (χ2v) is 4.86. The molecule has 1 aromatic rings. The van der Waals surface area contributed by atoms with Crippen LogP contribution in [-0.4, -0.2) is 37.2 Å². The third-order valence-corrected chi connectivity index (χ3v) is 2.79. The van der Waals surface area contributed by atoms with Gasteiger partial charge in [0.05, 0.1) is 0 Å². The summed E-state index contributed by atoms with van der Waals surface area (Å²) in [7, 11) is 3.72. The zero-order valence-corrected chi connectivity index (χ0v) is 12.6. The summed E-state index contributed by atoms with van der Waals surface area (Å²) in [5.74, 6) is -0.0826. The molecular weight excluding hydrogens is 252 g/mol. The van der Waals surface area contributed by atoms with Crippen molar-refractivity contribution >= 4 is 17.4 Å². The van der Waals surface area contributed by atoms with E-state index in [2.05, 4.69) is 0 Å². The predicted molar refractivity (Wildman–Crippen MR) is 81.9 cm³/mol. The molecule has 0 saturated heterocycles. The van der Waals surface area contributed by atoms with Crippen LogP contribution in [-0.2, 0) is 4.79 Å². The van der Waals surface area contributed by atoms with Gasteiger partial charge in [0.1, 0.15) is 0 Å². The number of anilines is 1. The van der Waals surface area contributed by atoms with Gasteiger partial charge >= 0.3 is 0 Å². The third kappa shape index (κ3) is 4.53. The molecule has 1 rings (SSSR count). The summed E-state index contributed by atoms with van der Waals surface area (Å²) in [6, 6.07) is 7.18. The van der Waals surface area contributed by atoms with E-state index >= 15 is 0 Å². The average molecular weight is 274 g/mol. The number of carbonyl (C=O) groups is 2. The Kier molecular flexibility index (Phi) is 5.97. The van der Waals surface area contributed by atoms with Gasteiger partial charge in [-0.1, -0.05) is 19.1 Å². The van der Waals surface area contributed by atoms with Crippen LogP contribution in [0, 0.1) is 0 Å². The second-order valence-electron chi connectivity index (χ2n) is 4.86. The monoisotopic (exact) mass is 274 g/mol.